The topological polar surface area (TPSA) is 110 Å². The summed E-state index contributed by atoms with van der Waals surface area (Å²) < 4.78 is 0. The van der Waals surface area contributed by atoms with Crippen LogP contribution in [0, 0.1) is 0 Å². The van der Waals surface area contributed by atoms with Crippen LogP contribution in [-0.4, -0.2) is 41.1 Å². The summed E-state index contributed by atoms with van der Waals surface area (Å²) in [6, 6.07) is 4.21. The van der Waals surface area contributed by atoms with E-state index < -0.39 is 23.8 Å². The Kier molecular flexibility index (Phi) is 6.93. The lowest BCUT2D eigenvalue weighted by Gasteiger charge is -2.27. The Balaban J connectivity index is 1.67. The molecule has 0 spiro atoms. The highest BCUT2D eigenvalue weighted by Crippen LogP contribution is 2.30. The molecular weight excluding hydrogens is 370 g/mol. The predicted molar refractivity (Wildman–Crippen MR) is 109 cm³/mol. The third kappa shape index (κ3) is 4.62. The van der Waals surface area contributed by atoms with Gasteiger partial charge in [-0.05, 0) is 43.9 Å². The number of nitrogens with zero attached hydrogens (tertiary/aromatic N) is 1. The van der Waals surface area contributed by atoms with Gasteiger partial charge in [-0.2, -0.15) is 0 Å². The van der Waals surface area contributed by atoms with Crippen LogP contribution in [-0.2, 0) is 9.59 Å². The number of amides is 4. The van der Waals surface area contributed by atoms with E-state index in [-0.39, 0.29) is 18.7 Å². The summed E-state index contributed by atoms with van der Waals surface area (Å²) in [5, 5.41) is 2.21. The van der Waals surface area contributed by atoms with Crippen LogP contribution >= 0.6 is 0 Å². The highest BCUT2D eigenvalue weighted by molar-refractivity contribution is 6.24. The number of fused-ring (bicyclic) bond motifs is 1. The van der Waals surface area contributed by atoms with E-state index in [0.29, 0.717) is 16.7 Å². The zero-order valence-electron chi connectivity index (χ0n) is 16.5. The van der Waals surface area contributed by atoms with Crippen LogP contribution in [0.25, 0.3) is 6.08 Å². The first kappa shape index (κ1) is 20.9. The van der Waals surface area contributed by atoms with E-state index in [1.165, 1.54) is 6.42 Å². The molecule has 3 N–H and O–H groups in total. The molecule has 0 radical (unpaired) electrons. The molecule has 4 amide bonds. The quantitative estimate of drug-likeness (QED) is 0.491. The first-order chi connectivity index (χ1) is 14.0. The number of carbonyl (C=O) groups is 4. The largest absolute Gasteiger partial charge is 0.330 e. The Morgan fingerprint density at radius 1 is 1.03 bits per heavy atom. The van der Waals surface area contributed by atoms with Crippen LogP contribution in [0.1, 0.15) is 77.6 Å². The third-order valence-corrected chi connectivity index (χ3v) is 5.37. The van der Waals surface area contributed by atoms with Crippen LogP contribution in [0.15, 0.2) is 24.3 Å². The fraction of sp³-hybridized carbons (Fsp3) is 0.455. The van der Waals surface area contributed by atoms with Gasteiger partial charge in [0.05, 0.1) is 11.1 Å². The molecule has 7 heteroatoms. The van der Waals surface area contributed by atoms with Gasteiger partial charge >= 0.3 is 0 Å². The number of piperidine rings is 1. The van der Waals surface area contributed by atoms with E-state index >= 15 is 0 Å². The highest BCUT2D eigenvalue weighted by Gasteiger charge is 2.45. The number of nitrogens with two attached hydrogens (primary N) is 1. The van der Waals surface area contributed by atoms with Crippen molar-refractivity contribution in [3.05, 3.63) is 41.0 Å². The summed E-state index contributed by atoms with van der Waals surface area (Å²) in [5.74, 6) is -1.92. The second-order valence-electron chi connectivity index (χ2n) is 7.46. The van der Waals surface area contributed by atoms with Crippen LogP contribution in [0.4, 0.5) is 0 Å². The van der Waals surface area contributed by atoms with Crippen LogP contribution < -0.4 is 11.1 Å². The normalized spacial score (nSPS) is 19.2. The van der Waals surface area contributed by atoms with Gasteiger partial charge in [-0.3, -0.25) is 29.4 Å². The number of nitrogens with one attached hydrogen (secondary N) is 1. The minimum atomic E-state index is -0.939. The van der Waals surface area contributed by atoms with Gasteiger partial charge in [0.2, 0.25) is 11.8 Å². The Morgan fingerprint density at radius 2 is 1.79 bits per heavy atom. The minimum absolute atomic E-state index is 0.113. The zero-order valence-corrected chi connectivity index (χ0v) is 16.5. The van der Waals surface area contributed by atoms with Crippen LogP contribution in [0.5, 0.6) is 0 Å². The van der Waals surface area contributed by atoms with E-state index in [1.807, 2.05) is 12.2 Å². The summed E-state index contributed by atoms with van der Waals surface area (Å²) >= 11 is 0. The molecule has 0 aliphatic carbocycles. The fourth-order valence-electron chi connectivity index (χ4n) is 3.83. The monoisotopic (exact) mass is 397 g/mol. The van der Waals surface area contributed by atoms with E-state index in [9.17, 15) is 19.2 Å². The summed E-state index contributed by atoms with van der Waals surface area (Å²) in [4.78, 5) is 50.3. The van der Waals surface area contributed by atoms with Gasteiger partial charge in [0.25, 0.3) is 11.8 Å². The van der Waals surface area contributed by atoms with E-state index in [0.717, 1.165) is 43.5 Å². The molecule has 1 unspecified atom stereocenters. The Morgan fingerprint density at radius 3 is 2.55 bits per heavy atom. The molecule has 0 bridgehead atoms. The van der Waals surface area contributed by atoms with E-state index in [2.05, 4.69) is 5.32 Å². The average Bonchev–Trinajstić information content (AvgIpc) is 2.95. The summed E-state index contributed by atoms with van der Waals surface area (Å²) in [5.41, 5.74) is 6.81. The van der Waals surface area contributed by atoms with Crippen molar-refractivity contribution in [2.75, 3.05) is 6.54 Å². The van der Waals surface area contributed by atoms with Crippen molar-refractivity contribution in [1.82, 2.24) is 10.2 Å². The van der Waals surface area contributed by atoms with Crippen molar-refractivity contribution in [1.29, 1.82) is 0 Å². The second-order valence-corrected chi connectivity index (χ2v) is 7.46. The first-order valence-corrected chi connectivity index (χ1v) is 10.3. The molecular formula is C22H27N3O4. The van der Waals surface area contributed by atoms with E-state index in [1.54, 1.807) is 18.2 Å². The molecule has 0 saturated carbocycles. The Labute approximate surface area is 170 Å². The fourth-order valence-corrected chi connectivity index (χ4v) is 3.83. The van der Waals surface area contributed by atoms with Crippen molar-refractivity contribution < 1.29 is 19.2 Å². The smallest absolute Gasteiger partial charge is 0.262 e. The first-order valence-electron chi connectivity index (χ1n) is 10.3. The molecule has 29 heavy (non-hydrogen) atoms. The van der Waals surface area contributed by atoms with Crippen molar-refractivity contribution in [2.24, 2.45) is 5.73 Å². The van der Waals surface area contributed by atoms with Gasteiger partial charge in [0.15, 0.2) is 0 Å². The lowest BCUT2D eigenvalue weighted by Crippen LogP contribution is -2.54. The molecule has 7 nitrogen and oxygen atoms in total. The molecule has 1 fully saturated rings. The van der Waals surface area contributed by atoms with Gasteiger partial charge in [0.1, 0.15) is 6.04 Å². The molecule has 154 valence electrons. The van der Waals surface area contributed by atoms with E-state index in [4.69, 9.17) is 5.73 Å². The summed E-state index contributed by atoms with van der Waals surface area (Å²) in [6.45, 7) is 0.738. The van der Waals surface area contributed by atoms with Crippen molar-refractivity contribution in [3.8, 4) is 0 Å². The van der Waals surface area contributed by atoms with Gasteiger partial charge in [-0.15, -0.1) is 0 Å². The number of hydrogen-bond donors (Lipinski definition) is 2. The molecule has 2 aliphatic rings. The molecule has 3 rings (SSSR count). The molecule has 2 aliphatic heterocycles. The Bertz CT molecular complexity index is 846. The number of unbranched alkanes of at least 4 members (excludes halogenated alkanes) is 5. The number of rotatable bonds is 9. The summed E-state index contributed by atoms with van der Waals surface area (Å²) in [6.07, 6.45) is 10.6. The highest BCUT2D eigenvalue weighted by atomic mass is 16.2. The van der Waals surface area contributed by atoms with Crippen LogP contribution in [0.2, 0.25) is 0 Å². The number of allylic oxidation sites excluding steroid dienone is 1. The van der Waals surface area contributed by atoms with Crippen molar-refractivity contribution in [2.45, 2.75) is 57.4 Å². The predicted octanol–water partition coefficient (Wildman–Crippen LogP) is 2.40. The molecule has 2 heterocycles. The van der Waals surface area contributed by atoms with Crippen molar-refractivity contribution in [3.63, 3.8) is 0 Å². The lowest BCUT2D eigenvalue weighted by molar-refractivity contribution is -0.136. The van der Waals surface area contributed by atoms with Gasteiger partial charge < -0.3 is 5.73 Å². The van der Waals surface area contributed by atoms with Gasteiger partial charge in [0, 0.05) is 6.42 Å². The minimum Gasteiger partial charge on any atom is -0.330 e. The Hall–Kier alpha value is -2.80. The third-order valence-electron chi connectivity index (χ3n) is 5.37. The zero-order chi connectivity index (χ0) is 20.8. The average molecular weight is 397 g/mol. The second kappa shape index (κ2) is 9.60. The maximum atomic E-state index is 13.0. The molecule has 1 atom stereocenters. The standard InChI is InChI=1S/C22H27N3O4/c23-14-7-5-3-1-2-4-6-9-15-10-8-11-16-19(15)22(29)25(21(16)28)17-12-13-18(26)24-20(17)27/h6,8-11,17H,1-5,7,12-14,23H2,(H,24,26,27)/b9-6-. The lowest BCUT2D eigenvalue weighted by atomic mass is 10.0. The number of imide groups is 2. The molecule has 1 aromatic rings. The number of hydrogen-bond acceptors (Lipinski definition) is 5. The summed E-state index contributed by atoms with van der Waals surface area (Å²) in [7, 11) is 0. The molecule has 1 aromatic carbocycles. The molecule has 1 saturated heterocycles. The molecule has 0 aromatic heterocycles. The van der Waals surface area contributed by atoms with Crippen molar-refractivity contribution >= 4 is 29.7 Å². The maximum Gasteiger partial charge on any atom is 0.262 e. The SMILES string of the molecule is NCCCCCCC/C=C\c1cccc2c1C(=O)N(C1CCC(=O)NC1=O)C2=O. The number of benzene rings is 1. The van der Waals surface area contributed by atoms with Crippen LogP contribution in [0.3, 0.4) is 0 Å². The van der Waals surface area contributed by atoms with Gasteiger partial charge in [-0.1, -0.05) is 43.5 Å². The maximum absolute atomic E-state index is 13.0. The van der Waals surface area contributed by atoms with Gasteiger partial charge in [-0.25, -0.2) is 0 Å². The number of carbonyl (C=O) groups excluding carboxylic acids is 4.